The highest BCUT2D eigenvalue weighted by Crippen LogP contribution is 2.68. The summed E-state index contributed by atoms with van der Waals surface area (Å²) in [4.78, 5) is 18.4. The molecule has 0 aromatic rings. The average Bonchev–Trinajstić information content (AvgIpc) is 3.05. The van der Waals surface area contributed by atoms with Gasteiger partial charge < -0.3 is 15.1 Å². The van der Waals surface area contributed by atoms with E-state index in [4.69, 9.17) is 0 Å². The molecule has 4 aliphatic carbocycles. The van der Waals surface area contributed by atoms with Gasteiger partial charge in [0.25, 0.3) is 0 Å². The zero-order chi connectivity index (χ0) is 22.7. The number of aliphatic hydroxyl groups is 1. The van der Waals surface area contributed by atoms with Gasteiger partial charge in [0.1, 0.15) is 0 Å². The minimum Gasteiger partial charge on any atom is -0.481 e. The molecule has 0 radical (unpaired) electrons. The monoisotopic (exact) mass is 438 g/mol. The highest BCUT2D eigenvalue weighted by Gasteiger charge is 2.60. The van der Waals surface area contributed by atoms with Gasteiger partial charge in [0.15, 0.2) is 0 Å². The molecule has 0 spiro atoms. The number of hydrogen-bond donors (Lipinski definition) is 2. The Morgan fingerprint density at radius 3 is 2.66 bits per heavy atom. The molecule has 5 nitrogen and oxygen atoms in total. The zero-order valence-electron chi connectivity index (χ0n) is 19.8. The Hall–Kier alpha value is -1.88. The molecule has 0 unspecified atom stereocenters. The van der Waals surface area contributed by atoms with Crippen LogP contribution >= 0.6 is 0 Å². The van der Waals surface area contributed by atoms with E-state index in [1.54, 1.807) is 0 Å². The molecule has 7 atom stereocenters. The number of hydrogen-bond acceptors (Lipinski definition) is 4. The Morgan fingerprint density at radius 1 is 1.19 bits per heavy atom. The van der Waals surface area contributed by atoms with E-state index < -0.39 is 5.97 Å². The maximum atomic E-state index is 11.8. The third kappa shape index (κ3) is 3.22. The molecule has 32 heavy (non-hydrogen) atoms. The molecular formula is C27H38N2O3. The number of carbonyl (C=O) groups is 1. The van der Waals surface area contributed by atoms with Gasteiger partial charge in [-0.25, -0.2) is 0 Å². The van der Waals surface area contributed by atoms with Gasteiger partial charge in [0.2, 0.25) is 0 Å². The van der Waals surface area contributed by atoms with Crippen LogP contribution in [0.1, 0.15) is 72.1 Å². The second-order valence-corrected chi connectivity index (χ2v) is 11.3. The summed E-state index contributed by atoms with van der Waals surface area (Å²) in [6, 6.07) is 0. The summed E-state index contributed by atoms with van der Waals surface area (Å²) in [5, 5.41) is 20.1. The molecule has 1 aliphatic heterocycles. The summed E-state index contributed by atoms with van der Waals surface area (Å²) < 4.78 is 0. The maximum absolute atomic E-state index is 11.8. The number of aliphatic hydroxyl groups excluding tert-OH is 1. The van der Waals surface area contributed by atoms with E-state index in [0.29, 0.717) is 23.7 Å². The van der Waals surface area contributed by atoms with Gasteiger partial charge in [-0.1, -0.05) is 32.4 Å². The number of aliphatic carboxylic acids is 1. The van der Waals surface area contributed by atoms with Crippen molar-refractivity contribution in [3.63, 3.8) is 0 Å². The van der Waals surface area contributed by atoms with Crippen LogP contribution in [-0.2, 0) is 4.79 Å². The average molecular weight is 439 g/mol. The van der Waals surface area contributed by atoms with Gasteiger partial charge in [-0.3, -0.25) is 9.79 Å². The highest BCUT2D eigenvalue weighted by molar-refractivity contribution is 5.71. The van der Waals surface area contributed by atoms with Crippen LogP contribution in [0.2, 0.25) is 0 Å². The standard InChI is InChI=1S/C27H38N2O3/c1-4-17-13-19-16-20(30)5-7-26(19,2)21-6-8-27(3)22(24(17)21)14-18(15-23(31)32)25(27)29-11-9-28-10-12-29/h9-11,13,17,20-22,24,30H,4-8,12,14-16H2,1-3H3,(H,31,32)/t17-,20-,21-,22-,24+,26-,27-/m0/s1. The minimum absolute atomic E-state index is 0.00474. The van der Waals surface area contributed by atoms with Crippen molar-refractivity contribution < 1.29 is 15.0 Å². The second kappa shape index (κ2) is 7.86. The van der Waals surface area contributed by atoms with E-state index >= 15 is 0 Å². The van der Waals surface area contributed by atoms with E-state index in [0.717, 1.165) is 50.6 Å². The predicted molar refractivity (Wildman–Crippen MR) is 126 cm³/mol. The summed E-state index contributed by atoms with van der Waals surface area (Å²) >= 11 is 0. The Kier molecular flexibility index (Phi) is 5.39. The Morgan fingerprint density at radius 2 is 1.97 bits per heavy atom. The van der Waals surface area contributed by atoms with Crippen LogP contribution in [0.5, 0.6) is 0 Å². The van der Waals surface area contributed by atoms with E-state index in [2.05, 4.69) is 36.7 Å². The number of allylic oxidation sites excluding steroid dienone is 2. The highest BCUT2D eigenvalue weighted by atomic mass is 16.4. The number of fused-ring (bicyclic) bond motifs is 5. The molecule has 0 amide bonds. The van der Waals surface area contributed by atoms with E-state index in [1.165, 1.54) is 17.7 Å². The molecule has 0 saturated heterocycles. The van der Waals surface area contributed by atoms with Crippen LogP contribution in [0.15, 0.2) is 40.3 Å². The van der Waals surface area contributed by atoms with Crippen molar-refractivity contribution in [3.8, 4) is 0 Å². The lowest BCUT2D eigenvalue weighted by molar-refractivity contribution is -0.136. The fraction of sp³-hybridized carbons (Fsp3) is 0.704. The summed E-state index contributed by atoms with van der Waals surface area (Å²) in [6.07, 6.45) is 15.4. The van der Waals surface area contributed by atoms with Gasteiger partial charge in [0, 0.05) is 29.7 Å². The van der Waals surface area contributed by atoms with Crippen LogP contribution in [0.4, 0.5) is 0 Å². The van der Waals surface area contributed by atoms with Gasteiger partial charge in [0.05, 0.1) is 19.1 Å². The first kappa shape index (κ1) is 21.9. The third-order valence-electron chi connectivity index (χ3n) is 9.82. The summed E-state index contributed by atoms with van der Waals surface area (Å²) in [5.41, 5.74) is 4.08. The smallest absolute Gasteiger partial charge is 0.307 e. The predicted octanol–water partition coefficient (Wildman–Crippen LogP) is 5.14. The number of aliphatic imine (C=N–C) groups is 1. The van der Waals surface area contributed by atoms with Crippen molar-refractivity contribution in [2.75, 3.05) is 6.54 Å². The molecule has 5 rings (SSSR count). The number of rotatable bonds is 4. The number of nitrogens with zero attached hydrogens (tertiary/aromatic N) is 2. The maximum Gasteiger partial charge on any atom is 0.307 e. The molecule has 0 aromatic heterocycles. The molecule has 5 aliphatic rings. The first-order valence-electron chi connectivity index (χ1n) is 12.6. The second-order valence-electron chi connectivity index (χ2n) is 11.3. The topological polar surface area (TPSA) is 73.1 Å². The van der Waals surface area contributed by atoms with Gasteiger partial charge in [-0.15, -0.1) is 0 Å². The van der Waals surface area contributed by atoms with Crippen molar-refractivity contribution >= 4 is 12.2 Å². The first-order chi connectivity index (χ1) is 15.3. The van der Waals surface area contributed by atoms with Crippen molar-refractivity contribution in [2.45, 2.75) is 78.2 Å². The van der Waals surface area contributed by atoms with Gasteiger partial charge in [-0.05, 0) is 79.6 Å². The molecule has 1 heterocycles. The molecule has 2 fully saturated rings. The van der Waals surface area contributed by atoms with E-state index in [-0.39, 0.29) is 23.4 Å². The summed E-state index contributed by atoms with van der Waals surface area (Å²) in [5.74, 6) is 1.47. The van der Waals surface area contributed by atoms with Crippen molar-refractivity contribution in [3.05, 3.63) is 35.3 Å². The molecule has 2 N–H and O–H groups in total. The number of carboxylic acids is 1. The van der Waals surface area contributed by atoms with Crippen LogP contribution in [-0.4, -0.2) is 39.9 Å². The quantitative estimate of drug-likeness (QED) is 0.596. The molecule has 5 heteroatoms. The van der Waals surface area contributed by atoms with Gasteiger partial charge in [-0.2, -0.15) is 0 Å². The largest absolute Gasteiger partial charge is 0.481 e. The lowest BCUT2D eigenvalue weighted by Crippen LogP contribution is -2.53. The lowest BCUT2D eigenvalue weighted by atomic mass is 9.45. The van der Waals surface area contributed by atoms with Crippen LogP contribution in [0, 0.1) is 34.5 Å². The van der Waals surface area contributed by atoms with Crippen molar-refractivity contribution in [1.29, 1.82) is 0 Å². The van der Waals surface area contributed by atoms with E-state index in [9.17, 15) is 15.0 Å². The SMILES string of the molecule is CC[C@H]1C=C2C[C@@H](O)CC[C@]2(C)[C@H]2CC[C@]3(C)C(N4C=CN=CC4)=C(CC(=O)O)C[C@H]3[C@H]12. The van der Waals surface area contributed by atoms with E-state index in [1.807, 2.05) is 18.6 Å². The van der Waals surface area contributed by atoms with Crippen LogP contribution < -0.4 is 0 Å². The zero-order valence-corrected chi connectivity index (χ0v) is 19.8. The fourth-order valence-corrected chi connectivity index (χ4v) is 8.37. The summed E-state index contributed by atoms with van der Waals surface area (Å²) in [7, 11) is 0. The Balaban J connectivity index is 1.56. The van der Waals surface area contributed by atoms with Gasteiger partial charge >= 0.3 is 5.97 Å². The van der Waals surface area contributed by atoms with Crippen LogP contribution in [0.3, 0.4) is 0 Å². The Bertz CT molecular complexity index is 918. The normalized spacial score (nSPS) is 42.9. The fourth-order valence-electron chi connectivity index (χ4n) is 8.37. The third-order valence-corrected chi connectivity index (χ3v) is 9.82. The molecule has 174 valence electrons. The first-order valence-corrected chi connectivity index (χ1v) is 12.6. The Labute approximate surface area is 192 Å². The van der Waals surface area contributed by atoms with Crippen molar-refractivity contribution in [1.82, 2.24) is 4.90 Å². The molecule has 0 bridgehead atoms. The summed E-state index contributed by atoms with van der Waals surface area (Å²) in [6.45, 7) is 7.90. The number of carboxylic acid groups (broad SMARTS) is 1. The molecule has 2 saturated carbocycles. The van der Waals surface area contributed by atoms with Crippen molar-refractivity contribution in [2.24, 2.45) is 39.5 Å². The lowest BCUT2D eigenvalue weighted by Gasteiger charge is -2.60. The molecule has 0 aromatic carbocycles. The minimum atomic E-state index is -0.725. The van der Waals surface area contributed by atoms with Crippen LogP contribution in [0.25, 0.3) is 0 Å². The molecular weight excluding hydrogens is 400 g/mol.